The maximum atomic E-state index is 3.72. The summed E-state index contributed by atoms with van der Waals surface area (Å²) in [6, 6.07) is 0. The van der Waals surface area contributed by atoms with E-state index in [2.05, 4.69) is 19.9 Å². The second-order valence-electron chi connectivity index (χ2n) is 1.45. The summed E-state index contributed by atoms with van der Waals surface area (Å²) >= 11 is 0. The molecule has 0 bridgehead atoms. The molecule has 0 unspecified atom stereocenters. The zero-order valence-electron chi connectivity index (χ0n) is 5.48. The molecular formula is C7H12Y-2. The van der Waals surface area contributed by atoms with Crippen LogP contribution < -0.4 is 0 Å². The van der Waals surface area contributed by atoms with Gasteiger partial charge in [0.2, 0.25) is 0 Å². The van der Waals surface area contributed by atoms with E-state index in [1.54, 1.807) is 0 Å². The van der Waals surface area contributed by atoms with Crippen LogP contribution in [0.2, 0.25) is 0 Å². The minimum Gasteiger partial charge on any atom is -0.339 e. The minimum absolute atomic E-state index is 0. The summed E-state index contributed by atoms with van der Waals surface area (Å²) in [7, 11) is 0. The van der Waals surface area contributed by atoms with Crippen LogP contribution in [0.5, 0.6) is 0 Å². The van der Waals surface area contributed by atoms with E-state index in [1.807, 2.05) is 6.92 Å². The maximum Gasteiger partial charge on any atom is 0 e. The Morgan fingerprint density at radius 1 is 1.38 bits per heavy atom. The van der Waals surface area contributed by atoms with Gasteiger partial charge in [-0.15, -0.1) is 5.57 Å². The van der Waals surface area contributed by atoms with Crippen LogP contribution in [-0.4, -0.2) is 0 Å². The van der Waals surface area contributed by atoms with E-state index >= 15 is 0 Å². The van der Waals surface area contributed by atoms with Crippen LogP contribution in [0, 0.1) is 13.8 Å². The van der Waals surface area contributed by atoms with E-state index < -0.39 is 0 Å². The number of allylic oxidation sites excluding steroid dienone is 2. The second-order valence-corrected chi connectivity index (χ2v) is 1.45. The van der Waals surface area contributed by atoms with E-state index in [-0.39, 0.29) is 32.7 Å². The van der Waals surface area contributed by atoms with E-state index in [4.69, 9.17) is 0 Å². The van der Waals surface area contributed by atoms with Gasteiger partial charge in [-0.25, -0.2) is 0 Å². The molecule has 0 aliphatic carbocycles. The Morgan fingerprint density at radius 2 is 1.75 bits per heavy atom. The Balaban J connectivity index is 0. The van der Waals surface area contributed by atoms with Crippen molar-refractivity contribution >= 4 is 0 Å². The fourth-order valence-electron chi connectivity index (χ4n) is 0.414. The molecule has 0 spiro atoms. The summed E-state index contributed by atoms with van der Waals surface area (Å²) in [6.07, 6.45) is 3.88. The molecule has 45 valence electrons. The molecule has 1 heteroatoms. The number of rotatable bonds is 2. The molecule has 0 aromatic rings. The zero-order chi connectivity index (χ0) is 5.70. The van der Waals surface area contributed by atoms with Gasteiger partial charge in [0.25, 0.3) is 0 Å². The fraction of sp³-hybridized carbons (Fsp3) is 0.429. The summed E-state index contributed by atoms with van der Waals surface area (Å²) < 4.78 is 0. The molecule has 0 aromatic carbocycles. The van der Waals surface area contributed by atoms with E-state index in [0.717, 1.165) is 12.8 Å². The molecule has 0 fully saturated rings. The Labute approximate surface area is 77.6 Å². The first kappa shape index (κ1) is 11.6. The van der Waals surface area contributed by atoms with Crippen molar-refractivity contribution in [3.63, 3.8) is 0 Å². The van der Waals surface area contributed by atoms with Gasteiger partial charge in [0, 0.05) is 32.7 Å². The molecule has 0 saturated heterocycles. The first-order chi connectivity index (χ1) is 3.35. The summed E-state index contributed by atoms with van der Waals surface area (Å²) in [6.45, 7) is 9.46. The molecule has 0 N–H and O–H groups in total. The van der Waals surface area contributed by atoms with Gasteiger partial charge in [-0.2, -0.15) is 12.8 Å². The minimum atomic E-state index is 0. The zero-order valence-corrected chi connectivity index (χ0v) is 8.32. The van der Waals surface area contributed by atoms with Crippen molar-refractivity contribution < 1.29 is 32.7 Å². The maximum absolute atomic E-state index is 3.72. The Kier molecular flexibility index (Phi) is 11.4. The average molecular weight is 185 g/mol. The Hall–Kier alpha value is 0.844. The van der Waals surface area contributed by atoms with Gasteiger partial charge in [0.1, 0.15) is 0 Å². The number of hydrogen-bond acceptors (Lipinski definition) is 0. The molecule has 0 aromatic heterocycles. The van der Waals surface area contributed by atoms with E-state index in [0.29, 0.717) is 0 Å². The van der Waals surface area contributed by atoms with Gasteiger partial charge in [0.15, 0.2) is 0 Å². The van der Waals surface area contributed by atoms with Crippen molar-refractivity contribution in [1.29, 1.82) is 0 Å². The van der Waals surface area contributed by atoms with Crippen LogP contribution in [0.15, 0.2) is 11.6 Å². The molecule has 0 rings (SSSR count). The third-order valence-electron chi connectivity index (χ3n) is 1.05. The molecular weight excluding hydrogens is 173 g/mol. The van der Waals surface area contributed by atoms with Gasteiger partial charge in [-0.1, -0.05) is 6.08 Å². The third-order valence-corrected chi connectivity index (χ3v) is 1.05. The van der Waals surface area contributed by atoms with Crippen LogP contribution in [0.4, 0.5) is 0 Å². The smallest absolute Gasteiger partial charge is 0 e. The molecule has 0 nitrogen and oxygen atoms in total. The van der Waals surface area contributed by atoms with E-state index in [9.17, 15) is 0 Å². The number of hydrogen-bond donors (Lipinski definition) is 0. The quantitative estimate of drug-likeness (QED) is 0.457. The van der Waals surface area contributed by atoms with E-state index in [1.165, 1.54) is 5.57 Å². The molecule has 1 radical (unpaired) electrons. The van der Waals surface area contributed by atoms with Crippen molar-refractivity contribution in [2.75, 3.05) is 0 Å². The predicted octanol–water partition coefficient (Wildman–Crippen LogP) is 2.38. The molecule has 0 saturated carbocycles. The van der Waals surface area contributed by atoms with Crippen molar-refractivity contribution in [2.24, 2.45) is 0 Å². The second kappa shape index (κ2) is 7.84. The Morgan fingerprint density at radius 3 is 1.75 bits per heavy atom. The van der Waals surface area contributed by atoms with Gasteiger partial charge >= 0.3 is 0 Å². The van der Waals surface area contributed by atoms with Crippen molar-refractivity contribution in [2.45, 2.75) is 19.8 Å². The summed E-state index contributed by atoms with van der Waals surface area (Å²) in [4.78, 5) is 0. The van der Waals surface area contributed by atoms with Gasteiger partial charge in [0.05, 0.1) is 0 Å². The van der Waals surface area contributed by atoms with Gasteiger partial charge < -0.3 is 13.8 Å². The first-order valence-corrected chi connectivity index (χ1v) is 2.57. The standard InChI is InChI=1S/C7H12.Y/c1-4-7(5-2)6-3;/h6H,1-2,4-5H2,3H3;/q-2;. The Bertz CT molecular complexity index is 58.8. The average Bonchev–Trinajstić information content (AvgIpc) is 1.72. The molecule has 8 heavy (non-hydrogen) atoms. The van der Waals surface area contributed by atoms with Crippen LogP contribution in [-0.2, 0) is 32.7 Å². The van der Waals surface area contributed by atoms with Crippen LogP contribution >= 0.6 is 0 Å². The molecule has 0 aliphatic rings. The molecule has 0 heterocycles. The first-order valence-electron chi connectivity index (χ1n) is 2.57. The largest absolute Gasteiger partial charge is 0.339 e. The fourth-order valence-corrected chi connectivity index (χ4v) is 0.414. The summed E-state index contributed by atoms with van der Waals surface area (Å²) in [5, 5.41) is 0. The van der Waals surface area contributed by atoms with Crippen LogP contribution in [0.3, 0.4) is 0 Å². The monoisotopic (exact) mass is 185 g/mol. The summed E-state index contributed by atoms with van der Waals surface area (Å²) in [5.74, 6) is 0. The topological polar surface area (TPSA) is 0 Å². The van der Waals surface area contributed by atoms with Crippen molar-refractivity contribution in [3.8, 4) is 0 Å². The summed E-state index contributed by atoms with van der Waals surface area (Å²) in [5.41, 5.74) is 1.33. The molecule has 0 aliphatic heterocycles. The third kappa shape index (κ3) is 4.99. The van der Waals surface area contributed by atoms with Gasteiger partial charge in [-0.05, 0) is 6.92 Å². The SMILES string of the molecule is [CH2-]CC(=CC)C[CH2-].[Y]. The van der Waals surface area contributed by atoms with Crippen molar-refractivity contribution in [1.82, 2.24) is 0 Å². The van der Waals surface area contributed by atoms with Gasteiger partial charge in [-0.3, -0.25) is 0 Å². The van der Waals surface area contributed by atoms with Crippen molar-refractivity contribution in [3.05, 3.63) is 25.5 Å². The predicted molar refractivity (Wildman–Crippen MR) is 33.7 cm³/mol. The normalized spacial score (nSPS) is 7.38. The van der Waals surface area contributed by atoms with Crippen LogP contribution in [0.1, 0.15) is 19.8 Å². The van der Waals surface area contributed by atoms with Crippen LogP contribution in [0.25, 0.3) is 0 Å². The molecule has 0 atom stereocenters. The molecule has 0 amide bonds.